The van der Waals surface area contributed by atoms with Crippen LogP contribution in [0, 0.1) is 0 Å². The zero-order valence-electron chi connectivity index (χ0n) is 14.3. The predicted octanol–water partition coefficient (Wildman–Crippen LogP) is 2.76. The van der Waals surface area contributed by atoms with Crippen LogP contribution < -0.4 is 0 Å². The average molecular weight is 353 g/mol. The van der Waals surface area contributed by atoms with Gasteiger partial charge >= 0.3 is 5.97 Å². The van der Waals surface area contributed by atoms with Gasteiger partial charge < -0.3 is 4.74 Å². The van der Waals surface area contributed by atoms with Crippen LogP contribution in [0.2, 0.25) is 0 Å². The van der Waals surface area contributed by atoms with Crippen molar-refractivity contribution in [2.45, 2.75) is 51.5 Å². The van der Waals surface area contributed by atoms with Crippen LogP contribution in [0.3, 0.4) is 0 Å². The topological polar surface area (TPSA) is 63.7 Å². The first-order chi connectivity index (χ1) is 11.5. The molecule has 24 heavy (non-hydrogen) atoms. The summed E-state index contributed by atoms with van der Waals surface area (Å²) in [6.45, 7) is 2.66. The van der Waals surface area contributed by atoms with Crippen molar-refractivity contribution in [3.05, 3.63) is 35.9 Å². The summed E-state index contributed by atoms with van der Waals surface area (Å²) in [6.07, 6.45) is 4.08. The Kier molecular flexibility index (Phi) is 7.24. The molecule has 6 heteroatoms. The first-order valence-corrected chi connectivity index (χ1v) is 10.3. The Labute approximate surface area is 145 Å². The molecule has 0 bridgehead atoms. The summed E-state index contributed by atoms with van der Waals surface area (Å²) >= 11 is 0. The third-order valence-electron chi connectivity index (χ3n) is 4.33. The monoisotopic (exact) mass is 353 g/mol. The Bertz CT molecular complexity index is 615. The van der Waals surface area contributed by atoms with Gasteiger partial charge in [0.15, 0.2) is 0 Å². The smallest absolute Gasteiger partial charge is 0.305 e. The first-order valence-electron chi connectivity index (χ1n) is 8.72. The fourth-order valence-corrected chi connectivity index (χ4v) is 4.96. The maximum absolute atomic E-state index is 12.7. The molecule has 1 atom stereocenters. The Hall–Kier alpha value is -1.40. The molecule has 0 saturated carbocycles. The van der Waals surface area contributed by atoms with E-state index in [1.165, 1.54) is 0 Å². The molecule has 2 rings (SSSR count). The van der Waals surface area contributed by atoms with Gasteiger partial charge in [-0.15, -0.1) is 0 Å². The van der Waals surface area contributed by atoms with Crippen LogP contribution in [-0.2, 0) is 26.0 Å². The lowest BCUT2D eigenvalue weighted by Gasteiger charge is -2.35. The molecule has 0 amide bonds. The molecule has 0 aromatic heterocycles. The van der Waals surface area contributed by atoms with Gasteiger partial charge in [-0.25, -0.2) is 8.42 Å². The molecule has 0 radical (unpaired) electrons. The van der Waals surface area contributed by atoms with Crippen LogP contribution in [-0.4, -0.2) is 43.6 Å². The van der Waals surface area contributed by atoms with E-state index < -0.39 is 10.0 Å². The van der Waals surface area contributed by atoms with Crippen LogP contribution in [0.1, 0.15) is 44.6 Å². The van der Waals surface area contributed by atoms with Crippen LogP contribution >= 0.6 is 0 Å². The Morgan fingerprint density at radius 1 is 1.25 bits per heavy atom. The van der Waals surface area contributed by atoms with Crippen LogP contribution in [0.5, 0.6) is 0 Å². The van der Waals surface area contributed by atoms with Crippen molar-refractivity contribution < 1.29 is 17.9 Å². The summed E-state index contributed by atoms with van der Waals surface area (Å²) in [5, 5.41) is 0. The minimum atomic E-state index is -3.34. The molecule has 1 aromatic carbocycles. The summed E-state index contributed by atoms with van der Waals surface area (Å²) in [7, 11) is -3.34. The van der Waals surface area contributed by atoms with E-state index >= 15 is 0 Å². The molecular weight excluding hydrogens is 326 g/mol. The highest BCUT2D eigenvalue weighted by molar-refractivity contribution is 7.89. The lowest BCUT2D eigenvalue weighted by atomic mass is 9.98. The second kappa shape index (κ2) is 9.18. The highest BCUT2D eigenvalue weighted by Gasteiger charge is 2.31. The van der Waals surface area contributed by atoms with Crippen molar-refractivity contribution in [1.29, 1.82) is 0 Å². The van der Waals surface area contributed by atoms with Gasteiger partial charge in [-0.3, -0.25) is 4.79 Å². The van der Waals surface area contributed by atoms with Crippen molar-refractivity contribution in [3.63, 3.8) is 0 Å². The number of rotatable bonds is 8. The van der Waals surface area contributed by atoms with Gasteiger partial charge in [-0.1, -0.05) is 36.8 Å². The predicted molar refractivity (Wildman–Crippen MR) is 94.1 cm³/mol. The molecule has 1 fully saturated rings. The van der Waals surface area contributed by atoms with Gasteiger partial charge in [0.1, 0.15) is 0 Å². The van der Waals surface area contributed by atoms with E-state index in [1.807, 2.05) is 30.3 Å². The van der Waals surface area contributed by atoms with Crippen molar-refractivity contribution in [2.75, 3.05) is 18.9 Å². The van der Waals surface area contributed by atoms with Crippen LogP contribution in [0.15, 0.2) is 30.3 Å². The molecule has 1 saturated heterocycles. The van der Waals surface area contributed by atoms with Crippen molar-refractivity contribution in [1.82, 2.24) is 4.31 Å². The molecule has 1 aromatic rings. The molecule has 0 spiro atoms. The number of carbonyl (C=O) groups is 1. The minimum absolute atomic E-state index is 0.0110. The zero-order valence-corrected chi connectivity index (χ0v) is 15.1. The molecule has 1 aliphatic rings. The average Bonchev–Trinajstić information content (AvgIpc) is 2.56. The molecule has 0 aliphatic carbocycles. The van der Waals surface area contributed by atoms with E-state index in [2.05, 4.69) is 0 Å². The number of benzene rings is 1. The number of sulfonamides is 1. The summed E-state index contributed by atoms with van der Waals surface area (Å²) in [5.41, 5.74) is 1.16. The SMILES string of the molecule is CCOC(=O)CCCS(=O)(=O)N1CCCCC1Cc1ccccc1. The summed E-state index contributed by atoms with van der Waals surface area (Å²) in [4.78, 5) is 11.4. The molecular formula is C18H27NO4S. The maximum Gasteiger partial charge on any atom is 0.305 e. The Morgan fingerprint density at radius 2 is 2.00 bits per heavy atom. The number of nitrogens with zero attached hydrogens (tertiary/aromatic N) is 1. The lowest BCUT2D eigenvalue weighted by molar-refractivity contribution is -0.143. The Morgan fingerprint density at radius 3 is 2.71 bits per heavy atom. The highest BCUT2D eigenvalue weighted by atomic mass is 32.2. The van der Waals surface area contributed by atoms with Crippen molar-refractivity contribution >= 4 is 16.0 Å². The van der Waals surface area contributed by atoms with Crippen molar-refractivity contribution in [3.8, 4) is 0 Å². The molecule has 1 aliphatic heterocycles. The van der Waals surface area contributed by atoms with Gasteiger partial charge in [0.25, 0.3) is 0 Å². The third-order valence-corrected chi connectivity index (χ3v) is 6.33. The van der Waals surface area contributed by atoms with Gasteiger partial charge in [-0.2, -0.15) is 4.31 Å². The van der Waals surface area contributed by atoms with Gasteiger partial charge in [0.2, 0.25) is 10.0 Å². The fourth-order valence-electron chi connectivity index (χ4n) is 3.18. The maximum atomic E-state index is 12.7. The van der Waals surface area contributed by atoms with Gasteiger partial charge in [0.05, 0.1) is 12.4 Å². The first kappa shape index (κ1) is 18.9. The second-order valence-corrected chi connectivity index (χ2v) is 8.22. The third kappa shape index (κ3) is 5.60. The largest absolute Gasteiger partial charge is 0.466 e. The quantitative estimate of drug-likeness (QED) is 0.674. The van der Waals surface area contributed by atoms with E-state index in [0.717, 1.165) is 31.2 Å². The summed E-state index contributed by atoms with van der Waals surface area (Å²) in [5.74, 6) is -0.316. The number of piperidine rings is 1. The number of esters is 1. The summed E-state index contributed by atoms with van der Waals surface area (Å²) < 4.78 is 31.9. The number of hydrogen-bond donors (Lipinski definition) is 0. The van der Waals surface area contributed by atoms with Crippen LogP contribution in [0.4, 0.5) is 0 Å². The van der Waals surface area contributed by atoms with Gasteiger partial charge in [-0.05, 0) is 38.2 Å². The molecule has 1 heterocycles. The number of carbonyl (C=O) groups excluding carboxylic acids is 1. The lowest BCUT2D eigenvalue weighted by Crippen LogP contribution is -2.45. The second-order valence-electron chi connectivity index (χ2n) is 6.17. The summed E-state index contributed by atoms with van der Waals surface area (Å²) in [6, 6.07) is 10.0. The zero-order chi connectivity index (χ0) is 17.4. The number of hydrogen-bond acceptors (Lipinski definition) is 4. The Balaban J connectivity index is 1.96. The minimum Gasteiger partial charge on any atom is -0.466 e. The van der Waals surface area contributed by atoms with E-state index in [0.29, 0.717) is 19.6 Å². The molecule has 1 unspecified atom stereocenters. The van der Waals surface area contributed by atoms with E-state index in [4.69, 9.17) is 4.74 Å². The van der Waals surface area contributed by atoms with Gasteiger partial charge in [0, 0.05) is 19.0 Å². The molecule has 5 nitrogen and oxygen atoms in total. The van der Waals surface area contributed by atoms with E-state index in [-0.39, 0.29) is 24.2 Å². The number of ether oxygens (including phenoxy) is 1. The van der Waals surface area contributed by atoms with E-state index in [9.17, 15) is 13.2 Å². The standard InChI is InChI=1S/C18H27NO4S/c1-2-23-18(20)12-8-14-24(21,22)19-13-7-6-11-17(19)15-16-9-4-3-5-10-16/h3-5,9-10,17H,2,6-8,11-15H2,1H3. The van der Waals surface area contributed by atoms with Crippen molar-refractivity contribution in [2.24, 2.45) is 0 Å². The molecule has 0 N–H and O–H groups in total. The van der Waals surface area contributed by atoms with E-state index in [1.54, 1.807) is 11.2 Å². The normalized spacial score (nSPS) is 19.1. The van der Waals surface area contributed by atoms with Crippen LogP contribution in [0.25, 0.3) is 0 Å². The highest BCUT2D eigenvalue weighted by Crippen LogP contribution is 2.24. The fraction of sp³-hybridized carbons (Fsp3) is 0.611. The molecule has 134 valence electrons.